The lowest BCUT2D eigenvalue weighted by molar-refractivity contribution is -0.114. The summed E-state index contributed by atoms with van der Waals surface area (Å²) in [6.45, 7) is 9.35. The second-order valence-corrected chi connectivity index (χ2v) is 7.98. The second-order valence-electron chi connectivity index (χ2n) is 7.98. The fraction of sp³-hybridized carbons (Fsp3) is 0.400. The predicted molar refractivity (Wildman–Crippen MR) is 129 cm³/mol. The van der Waals surface area contributed by atoms with E-state index in [2.05, 4.69) is 16.0 Å². The number of benzene rings is 2. The Hall–Kier alpha value is -3.35. The Morgan fingerprint density at radius 3 is 2.09 bits per heavy atom. The molecule has 2 rings (SSSR count). The highest BCUT2D eigenvalue weighted by Gasteiger charge is 2.15. The zero-order valence-corrected chi connectivity index (χ0v) is 19.4. The number of carbonyl (C=O) groups is 3. The summed E-state index contributed by atoms with van der Waals surface area (Å²) in [5.41, 5.74) is 2.33. The van der Waals surface area contributed by atoms with Crippen LogP contribution in [-0.2, 0) is 4.79 Å². The van der Waals surface area contributed by atoms with E-state index < -0.39 is 0 Å². The first-order valence-corrected chi connectivity index (χ1v) is 11.2. The van der Waals surface area contributed by atoms with Crippen molar-refractivity contribution in [3.8, 4) is 0 Å². The third-order valence-corrected chi connectivity index (χ3v) is 4.67. The van der Waals surface area contributed by atoms with Crippen LogP contribution in [0.4, 0.5) is 11.4 Å². The molecule has 2 aromatic carbocycles. The molecule has 0 spiro atoms. The fourth-order valence-corrected chi connectivity index (χ4v) is 3.27. The molecule has 0 saturated heterocycles. The van der Waals surface area contributed by atoms with Gasteiger partial charge in [0.1, 0.15) is 0 Å². The summed E-state index contributed by atoms with van der Waals surface area (Å²) in [7, 11) is 0. The van der Waals surface area contributed by atoms with Crippen molar-refractivity contribution in [2.24, 2.45) is 0 Å². The van der Waals surface area contributed by atoms with Gasteiger partial charge in [-0.2, -0.15) is 0 Å². The van der Waals surface area contributed by atoms with E-state index in [0.29, 0.717) is 35.6 Å². The molecular formula is C25H34N4O3. The number of nitrogens with zero attached hydrogens (tertiary/aromatic N) is 1. The molecule has 0 bridgehead atoms. The van der Waals surface area contributed by atoms with Crippen molar-refractivity contribution in [1.82, 2.24) is 10.2 Å². The van der Waals surface area contributed by atoms with Gasteiger partial charge in [-0.25, -0.2) is 0 Å². The van der Waals surface area contributed by atoms with Crippen LogP contribution >= 0.6 is 0 Å². The van der Waals surface area contributed by atoms with Crippen LogP contribution in [0.5, 0.6) is 0 Å². The minimum atomic E-state index is -0.245. The highest BCUT2D eigenvalue weighted by molar-refractivity contribution is 5.98. The standard InChI is InChI=1S/C25H34N4O3/c1-5-13-29(14-6-2)25(32)20-10-8-12-22(16-20)28-23(30)17-26-21-11-7-9-19(15-21)24(31)27-18(3)4/h7-12,15-16,18,26H,5-6,13-14,17H2,1-4H3,(H,27,31)(H,28,30). The SMILES string of the molecule is CCCN(CCC)C(=O)c1cccc(NC(=O)CNc2cccc(C(=O)NC(C)C)c2)c1. The number of carbonyl (C=O) groups excluding carboxylic acids is 3. The molecule has 0 fully saturated rings. The molecule has 0 saturated carbocycles. The van der Waals surface area contributed by atoms with E-state index in [-0.39, 0.29) is 30.3 Å². The van der Waals surface area contributed by atoms with E-state index in [4.69, 9.17) is 0 Å². The first kappa shape index (κ1) is 24.9. The second kappa shape index (κ2) is 12.5. The molecule has 172 valence electrons. The van der Waals surface area contributed by atoms with Crippen LogP contribution in [0.2, 0.25) is 0 Å². The summed E-state index contributed by atoms with van der Waals surface area (Å²) >= 11 is 0. The van der Waals surface area contributed by atoms with Gasteiger partial charge in [0.15, 0.2) is 0 Å². The highest BCUT2D eigenvalue weighted by Crippen LogP contribution is 2.14. The van der Waals surface area contributed by atoms with Gasteiger partial charge < -0.3 is 20.9 Å². The Morgan fingerprint density at radius 2 is 1.47 bits per heavy atom. The van der Waals surface area contributed by atoms with Crippen molar-refractivity contribution in [2.45, 2.75) is 46.6 Å². The lowest BCUT2D eigenvalue weighted by Crippen LogP contribution is -2.32. The number of hydrogen-bond donors (Lipinski definition) is 3. The van der Waals surface area contributed by atoms with E-state index in [1.807, 2.05) is 32.6 Å². The quantitative estimate of drug-likeness (QED) is 0.492. The third kappa shape index (κ3) is 7.72. The maximum Gasteiger partial charge on any atom is 0.253 e. The lowest BCUT2D eigenvalue weighted by atomic mass is 10.1. The van der Waals surface area contributed by atoms with Gasteiger partial charge in [-0.05, 0) is 63.1 Å². The average molecular weight is 439 g/mol. The van der Waals surface area contributed by atoms with Crippen LogP contribution in [-0.4, -0.2) is 48.3 Å². The molecular weight excluding hydrogens is 404 g/mol. The number of rotatable bonds is 11. The summed E-state index contributed by atoms with van der Waals surface area (Å²) in [5, 5.41) is 8.70. The number of nitrogens with one attached hydrogen (secondary N) is 3. The molecule has 7 nitrogen and oxygen atoms in total. The molecule has 0 aromatic heterocycles. The van der Waals surface area contributed by atoms with Crippen LogP contribution in [0.3, 0.4) is 0 Å². The normalized spacial score (nSPS) is 10.5. The van der Waals surface area contributed by atoms with E-state index >= 15 is 0 Å². The third-order valence-electron chi connectivity index (χ3n) is 4.67. The molecule has 0 aliphatic carbocycles. The van der Waals surface area contributed by atoms with Gasteiger partial charge in [0, 0.05) is 41.6 Å². The maximum absolute atomic E-state index is 12.8. The average Bonchev–Trinajstić information content (AvgIpc) is 2.77. The minimum absolute atomic E-state index is 0.0283. The predicted octanol–water partition coefficient (Wildman–Crippen LogP) is 4.14. The van der Waals surface area contributed by atoms with Crippen molar-refractivity contribution in [3.63, 3.8) is 0 Å². The van der Waals surface area contributed by atoms with Crippen molar-refractivity contribution < 1.29 is 14.4 Å². The Labute approximate surface area is 190 Å². The summed E-state index contributed by atoms with van der Waals surface area (Å²) in [5.74, 6) is -0.431. The molecule has 0 aliphatic rings. The smallest absolute Gasteiger partial charge is 0.253 e. The molecule has 0 atom stereocenters. The first-order chi connectivity index (χ1) is 15.3. The van der Waals surface area contributed by atoms with Gasteiger partial charge in [0.2, 0.25) is 5.91 Å². The van der Waals surface area contributed by atoms with Crippen molar-refractivity contribution >= 4 is 29.1 Å². The van der Waals surface area contributed by atoms with E-state index in [9.17, 15) is 14.4 Å². The summed E-state index contributed by atoms with van der Waals surface area (Å²) in [4.78, 5) is 39.2. The Kier molecular flexibility index (Phi) is 9.73. The lowest BCUT2D eigenvalue weighted by Gasteiger charge is -2.21. The van der Waals surface area contributed by atoms with Crippen molar-refractivity contribution in [3.05, 3.63) is 59.7 Å². The highest BCUT2D eigenvalue weighted by atomic mass is 16.2. The largest absolute Gasteiger partial charge is 0.376 e. The number of anilines is 2. The molecule has 0 aliphatic heterocycles. The topological polar surface area (TPSA) is 90.5 Å². The maximum atomic E-state index is 12.8. The minimum Gasteiger partial charge on any atom is -0.376 e. The van der Waals surface area contributed by atoms with Crippen LogP contribution in [0, 0.1) is 0 Å². The van der Waals surface area contributed by atoms with E-state index in [0.717, 1.165) is 12.8 Å². The summed E-state index contributed by atoms with van der Waals surface area (Å²) in [6.07, 6.45) is 1.79. The Morgan fingerprint density at radius 1 is 0.875 bits per heavy atom. The molecule has 0 unspecified atom stereocenters. The van der Waals surface area contributed by atoms with Crippen LogP contribution in [0.1, 0.15) is 61.3 Å². The zero-order chi connectivity index (χ0) is 23.5. The van der Waals surface area contributed by atoms with Crippen LogP contribution < -0.4 is 16.0 Å². The van der Waals surface area contributed by atoms with E-state index in [1.54, 1.807) is 48.5 Å². The molecule has 0 radical (unpaired) electrons. The van der Waals surface area contributed by atoms with Crippen molar-refractivity contribution in [2.75, 3.05) is 30.3 Å². The van der Waals surface area contributed by atoms with Gasteiger partial charge in [-0.3, -0.25) is 14.4 Å². The molecule has 7 heteroatoms. The monoisotopic (exact) mass is 438 g/mol. The summed E-state index contributed by atoms with van der Waals surface area (Å²) in [6, 6.07) is 14.0. The van der Waals surface area contributed by atoms with Crippen LogP contribution in [0.25, 0.3) is 0 Å². The van der Waals surface area contributed by atoms with Crippen molar-refractivity contribution in [1.29, 1.82) is 0 Å². The van der Waals surface area contributed by atoms with Crippen LogP contribution in [0.15, 0.2) is 48.5 Å². The first-order valence-electron chi connectivity index (χ1n) is 11.2. The number of amides is 3. The molecule has 3 amide bonds. The molecule has 32 heavy (non-hydrogen) atoms. The zero-order valence-electron chi connectivity index (χ0n) is 19.4. The van der Waals surface area contributed by atoms with Gasteiger partial charge in [0.25, 0.3) is 11.8 Å². The van der Waals surface area contributed by atoms with Gasteiger partial charge in [-0.15, -0.1) is 0 Å². The number of hydrogen-bond acceptors (Lipinski definition) is 4. The summed E-state index contributed by atoms with van der Waals surface area (Å²) < 4.78 is 0. The van der Waals surface area contributed by atoms with E-state index in [1.165, 1.54) is 0 Å². The molecule has 3 N–H and O–H groups in total. The molecule has 0 heterocycles. The fourth-order valence-electron chi connectivity index (χ4n) is 3.27. The Balaban J connectivity index is 1.97. The van der Waals surface area contributed by atoms with Gasteiger partial charge >= 0.3 is 0 Å². The van der Waals surface area contributed by atoms with Gasteiger partial charge in [0.05, 0.1) is 6.54 Å². The van der Waals surface area contributed by atoms with Gasteiger partial charge in [-0.1, -0.05) is 26.0 Å². The Bertz CT molecular complexity index is 921. The molecule has 2 aromatic rings.